The lowest BCUT2D eigenvalue weighted by molar-refractivity contribution is -0.147. The first kappa shape index (κ1) is 17.8. The van der Waals surface area contributed by atoms with Gasteiger partial charge in [-0.15, -0.1) is 5.06 Å². The monoisotopic (exact) mass is 300 g/mol. The highest BCUT2D eigenvalue weighted by Gasteiger charge is 2.51. The molecule has 122 valence electrons. The molecular formula is C15H28N2O4. The molecule has 1 aliphatic heterocycles. The molecule has 0 radical (unpaired) electrons. The number of hydrogen-bond acceptors (Lipinski definition) is 5. The van der Waals surface area contributed by atoms with E-state index in [1.165, 1.54) is 0 Å². The number of rotatable bonds is 8. The SMILES string of the molecule is CCCC1(CCC)C(=O)OC[C@@H]1NC(=O)ON(CC)CC. The van der Waals surface area contributed by atoms with E-state index < -0.39 is 11.5 Å². The van der Waals surface area contributed by atoms with E-state index in [9.17, 15) is 9.59 Å². The predicted molar refractivity (Wildman–Crippen MR) is 79.5 cm³/mol. The predicted octanol–water partition coefficient (Wildman–Crippen LogP) is 2.48. The van der Waals surface area contributed by atoms with Crippen LogP contribution in [0.15, 0.2) is 0 Å². The largest absolute Gasteiger partial charge is 0.463 e. The first-order valence-electron chi connectivity index (χ1n) is 7.94. The minimum Gasteiger partial charge on any atom is -0.463 e. The lowest BCUT2D eigenvalue weighted by Crippen LogP contribution is -2.49. The fourth-order valence-corrected chi connectivity index (χ4v) is 2.99. The van der Waals surface area contributed by atoms with Crippen LogP contribution in [0.5, 0.6) is 0 Å². The second-order valence-corrected chi connectivity index (χ2v) is 5.44. The molecular weight excluding hydrogens is 272 g/mol. The molecule has 1 rings (SSSR count). The number of nitrogens with zero attached hydrogens (tertiary/aromatic N) is 1. The van der Waals surface area contributed by atoms with E-state index in [1.807, 2.05) is 27.7 Å². The van der Waals surface area contributed by atoms with E-state index in [0.29, 0.717) is 13.1 Å². The normalized spacial score (nSPS) is 20.4. The molecule has 0 saturated carbocycles. The zero-order chi connectivity index (χ0) is 15.9. The summed E-state index contributed by atoms with van der Waals surface area (Å²) in [4.78, 5) is 29.4. The zero-order valence-corrected chi connectivity index (χ0v) is 13.6. The van der Waals surface area contributed by atoms with Crippen LogP contribution in [-0.2, 0) is 14.4 Å². The molecule has 0 spiro atoms. The van der Waals surface area contributed by atoms with E-state index in [-0.39, 0.29) is 18.6 Å². The van der Waals surface area contributed by atoms with Crippen LogP contribution in [-0.4, -0.2) is 42.9 Å². The third-order valence-corrected chi connectivity index (χ3v) is 4.06. The molecule has 1 atom stereocenters. The Morgan fingerprint density at radius 1 is 1.29 bits per heavy atom. The number of amides is 1. The molecule has 0 aromatic heterocycles. The molecule has 0 aromatic rings. The maximum absolute atomic E-state index is 12.2. The third-order valence-electron chi connectivity index (χ3n) is 4.06. The summed E-state index contributed by atoms with van der Waals surface area (Å²) < 4.78 is 5.22. The van der Waals surface area contributed by atoms with Crippen molar-refractivity contribution in [2.45, 2.75) is 59.4 Å². The maximum atomic E-state index is 12.2. The summed E-state index contributed by atoms with van der Waals surface area (Å²) in [6.45, 7) is 9.38. The van der Waals surface area contributed by atoms with Gasteiger partial charge in [0.05, 0.1) is 11.5 Å². The van der Waals surface area contributed by atoms with Crippen LogP contribution in [0.3, 0.4) is 0 Å². The number of carbonyl (C=O) groups is 2. The molecule has 1 amide bonds. The summed E-state index contributed by atoms with van der Waals surface area (Å²) in [6, 6.07) is -0.312. The van der Waals surface area contributed by atoms with E-state index >= 15 is 0 Å². The summed E-state index contributed by atoms with van der Waals surface area (Å²) in [5.74, 6) is -0.195. The summed E-state index contributed by atoms with van der Waals surface area (Å²) in [7, 11) is 0. The molecule has 0 aromatic carbocycles. The van der Waals surface area contributed by atoms with Crippen LogP contribution in [0.1, 0.15) is 53.4 Å². The second kappa shape index (κ2) is 8.22. The fourth-order valence-electron chi connectivity index (χ4n) is 2.99. The molecule has 1 saturated heterocycles. The van der Waals surface area contributed by atoms with E-state index in [0.717, 1.165) is 25.7 Å². The number of cyclic esters (lactones) is 1. The van der Waals surface area contributed by atoms with Crippen molar-refractivity contribution in [2.75, 3.05) is 19.7 Å². The van der Waals surface area contributed by atoms with Gasteiger partial charge in [-0.3, -0.25) is 4.79 Å². The Bertz CT molecular complexity index is 350. The average molecular weight is 300 g/mol. The Labute approximate surface area is 127 Å². The molecule has 0 bridgehead atoms. The van der Waals surface area contributed by atoms with Gasteiger partial charge >= 0.3 is 12.1 Å². The number of esters is 1. The Balaban J connectivity index is 2.75. The maximum Gasteiger partial charge on any atom is 0.426 e. The van der Waals surface area contributed by atoms with Gasteiger partial charge in [0.1, 0.15) is 6.61 Å². The Kier molecular flexibility index (Phi) is 6.95. The average Bonchev–Trinajstić information content (AvgIpc) is 2.75. The van der Waals surface area contributed by atoms with Crippen LogP contribution in [0.25, 0.3) is 0 Å². The second-order valence-electron chi connectivity index (χ2n) is 5.44. The van der Waals surface area contributed by atoms with Crippen molar-refractivity contribution in [3.05, 3.63) is 0 Å². The van der Waals surface area contributed by atoms with Crippen LogP contribution in [0.4, 0.5) is 4.79 Å². The Morgan fingerprint density at radius 2 is 1.86 bits per heavy atom. The van der Waals surface area contributed by atoms with E-state index in [1.54, 1.807) is 5.06 Å². The molecule has 0 unspecified atom stereocenters. The van der Waals surface area contributed by atoms with Crippen molar-refractivity contribution in [1.29, 1.82) is 0 Å². The number of nitrogens with one attached hydrogen (secondary N) is 1. The highest BCUT2D eigenvalue weighted by atomic mass is 16.7. The van der Waals surface area contributed by atoms with Crippen molar-refractivity contribution < 1.29 is 19.2 Å². The zero-order valence-electron chi connectivity index (χ0n) is 13.6. The topological polar surface area (TPSA) is 67.9 Å². The van der Waals surface area contributed by atoms with Gasteiger partial charge < -0.3 is 14.9 Å². The molecule has 6 heteroatoms. The molecule has 6 nitrogen and oxygen atoms in total. The minimum absolute atomic E-state index is 0.195. The first-order valence-corrected chi connectivity index (χ1v) is 7.94. The van der Waals surface area contributed by atoms with Gasteiger partial charge in [0.25, 0.3) is 0 Å². The summed E-state index contributed by atoms with van der Waals surface area (Å²) in [5, 5.41) is 4.38. The quantitative estimate of drug-likeness (QED) is 0.551. The molecule has 21 heavy (non-hydrogen) atoms. The molecule has 1 N–H and O–H groups in total. The molecule has 1 fully saturated rings. The van der Waals surface area contributed by atoms with Crippen molar-refractivity contribution in [3.8, 4) is 0 Å². The summed E-state index contributed by atoms with van der Waals surface area (Å²) in [6.07, 6.45) is 2.67. The van der Waals surface area contributed by atoms with Gasteiger partial charge in [0.2, 0.25) is 0 Å². The van der Waals surface area contributed by atoms with Gasteiger partial charge in [-0.2, -0.15) is 0 Å². The third kappa shape index (κ3) is 4.09. The van der Waals surface area contributed by atoms with Crippen LogP contribution < -0.4 is 5.32 Å². The van der Waals surface area contributed by atoms with Crippen LogP contribution in [0.2, 0.25) is 0 Å². The first-order chi connectivity index (χ1) is 10.0. The number of hydrogen-bond donors (Lipinski definition) is 1. The van der Waals surface area contributed by atoms with Gasteiger partial charge in [-0.25, -0.2) is 4.79 Å². The van der Waals surface area contributed by atoms with Gasteiger partial charge in [-0.05, 0) is 26.7 Å². The number of hydroxylamine groups is 2. The molecule has 1 heterocycles. The van der Waals surface area contributed by atoms with E-state index in [4.69, 9.17) is 9.57 Å². The fraction of sp³-hybridized carbons (Fsp3) is 0.867. The Hall–Kier alpha value is -1.30. The molecule has 1 aliphatic rings. The highest BCUT2D eigenvalue weighted by molar-refractivity contribution is 5.81. The van der Waals surface area contributed by atoms with Crippen molar-refractivity contribution >= 4 is 12.1 Å². The van der Waals surface area contributed by atoms with E-state index in [2.05, 4.69) is 5.32 Å². The summed E-state index contributed by atoms with van der Waals surface area (Å²) in [5.41, 5.74) is -0.605. The van der Waals surface area contributed by atoms with Gasteiger partial charge in [-0.1, -0.05) is 26.7 Å². The highest BCUT2D eigenvalue weighted by Crippen LogP contribution is 2.39. The van der Waals surface area contributed by atoms with Crippen molar-refractivity contribution in [3.63, 3.8) is 0 Å². The van der Waals surface area contributed by atoms with Crippen LogP contribution in [0, 0.1) is 5.41 Å². The standard InChI is InChI=1S/C15H28N2O4/c1-5-9-15(10-6-2)12(11-20-13(15)18)16-14(19)21-17(7-3)8-4/h12H,5-11H2,1-4H3,(H,16,19)/t12-/m0/s1. The molecule has 0 aliphatic carbocycles. The van der Waals surface area contributed by atoms with Crippen LogP contribution >= 0.6 is 0 Å². The number of ether oxygens (including phenoxy) is 1. The smallest absolute Gasteiger partial charge is 0.426 e. The lowest BCUT2D eigenvalue weighted by atomic mass is 9.75. The van der Waals surface area contributed by atoms with Crippen molar-refractivity contribution in [1.82, 2.24) is 10.4 Å². The van der Waals surface area contributed by atoms with Gasteiger partial charge in [0, 0.05) is 13.1 Å². The van der Waals surface area contributed by atoms with Crippen molar-refractivity contribution in [2.24, 2.45) is 5.41 Å². The van der Waals surface area contributed by atoms with Gasteiger partial charge in [0.15, 0.2) is 0 Å². The lowest BCUT2D eigenvalue weighted by Gasteiger charge is -2.31. The summed E-state index contributed by atoms with van der Waals surface area (Å²) >= 11 is 0. The minimum atomic E-state index is -0.605. The number of carbonyl (C=O) groups excluding carboxylic acids is 2. The Morgan fingerprint density at radius 3 is 2.33 bits per heavy atom.